The first-order valence-electron chi connectivity index (χ1n) is 6.41. The second kappa shape index (κ2) is 4.74. The molecule has 21 heavy (non-hydrogen) atoms. The molecule has 0 spiro atoms. The van der Waals surface area contributed by atoms with Crippen LogP contribution in [-0.2, 0) is 15.8 Å². The van der Waals surface area contributed by atoms with Crippen LogP contribution in [0.3, 0.4) is 0 Å². The summed E-state index contributed by atoms with van der Waals surface area (Å²) in [5, 5.41) is 0. The third kappa shape index (κ3) is 2.77. The van der Waals surface area contributed by atoms with E-state index in [-0.39, 0.29) is 5.92 Å². The van der Waals surface area contributed by atoms with Crippen molar-refractivity contribution >= 4 is 24.6 Å². The third-order valence-corrected chi connectivity index (χ3v) is 4.24. The van der Waals surface area contributed by atoms with E-state index in [9.17, 15) is 4.57 Å². The van der Waals surface area contributed by atoms with Crippen LogP contribution in [0.2, 0.25) is 0 Å². The highest BCUT2D eigenvalue weighted by atomic mass is 31.2. The summed E-state index contributed by atoms with van der Waals surface area (Å²) in [6.07, 6.45) is 3.09. The molecule has 9 nitrogen and oxygen atoms in total. The smallest absolute Gasteiger partial charge is 0.351 e. The summed E-state index contributed by atoms with van der Waals surface area (Å²) >= 11 is 0. The standard InChI is InChI=1S/C11H16N5O4P/c1-7-2-11(7,20-6-21(17,18)19)3-16-5-15-8-9(12)13-4-14-10(8)16/h4-5,7H,2-3,6H2,1H3,(H2,12,13,14)(H2,17,18,19)/t7-,11+/m0/s1. The van der Waals surface area contributed by atoms with E-state index in [0.717, 1.165) is 6.42 Å². The van der Waals surface area contributed by atoms with E-state index in [2.05, 4.69) is 15.0 Å². The normalized spacial score (nSPS) is 25.4. The van der Waals surface area contributed by atoms with Crippen LogP contribution in [0, 0.1) is 5.92 Å². The van der Waals surface area contributed by atoms with Crippen LogP contribution in [0.4, 0.5) is 5.82 Å². The van der Waals surface area contributed by atoms with E-state index in [1.165, 1.54) is 6.33 Å². The molecule has 3 rings (SSSR count). The Labute approximate surface area is 120 Å². The fourth-order valence-corrected chi connectivity index (χ4v) is 2.87. The van der Waals surface area contributed by atoms with Gasteiger partial charge in [0.15, 0.2) is 11.5 Å². The Hall–Kier alpha value is -1.54. The molecule has 0 unspecified atom stereocenters. The first-order chi connectivity index (χ1) is 9.81. The van der Waals surface area contributed by atoms with E-state index in [1.807, 2.05) is 6.92 Å². The van der Waals surface area contributed by atoms with Crippen molar-refractivity contribution in [1.82, 2.24) is 19.5 Å². The van der Waals surface area contributed by atoms with Crippen LogP contribution in [-0.4, -0.2) is 41.3 Å². The van der Waals surface area contributed by atoms with Gasteiger partial charge in [0.1, 0.15) is 18.2 Å². The van der Waals surface area contributed by atoms with Gasteiger partial charge in [-0.1, -0.05) is 6.92 Å². The Morgan fingerprint density at radius 2 is 2.24 bits per heavy atom. The van der Waals surface area contributed by atoms with Gasteiger partial charge in [-0.15, -0.1) is 0 Å². The number of nitrogens with zero attached hydrogens (tertiary/aromatic N) is 4. The Balaban J connectivity index is 1.84. The summed E-state index contributed by atoms with van der Waals surface area (Å²) in [6.45, 7) is 2.39. The molecule has 2 aromatic heterocycles. The first-order valence-corrected chi connectivity index (χ1v) is 8.20. The Morgan fingerprint density at radius 3 is 2.86 bits per heavy atom. The average Bonchev–Trinajstić information content (AvgIpc) is 2.83. The predicted octanol–water partition coefficient (Wildman–Crippen LogP) is 0.339. The zero-order valence-corrected chi connectivity index (χ0v) is 12.3. The predicted molar refractivity (Wildman–Crippen MR) is 74.2 cm³/mol. The number of hydrogen-bond donors (Lipinski definition) is 3. The number of anilines is 1. The van der Waals surface area contributed by atoms with Gasteiger partial charge in [-0.25, -0.2) is 15.0 Å². The molecule has 10 heteroatoms. The monoisotopic (exact) mass is 313 g/mol. The summed E-state index contributed by atoms with van der Waals surface area (Å²) < 4.78 is 18.2. The van der Waals surface area contributed by atoms with Crippen molar-refractivity contribution in [2.45, 2.75) is 25.5 Å². The quantitative estimate of drug-likeness (QED) is 0.672. The van der Waals surface area contributed by atoms with Gasteiger partial charge in [-0.2, -0.15) is 0 Å². The van der Waals surface area contributed by atoms with Crippen molar-refractivity contribution in [1.29, 1.82) is 0 Å². The summed E-state index contributed by atoms with van der Waals surface area (Å²) in [5.41, 5.74) is 6.24. The summed E-state index contributed by atoms with van der Waals surface area (Å²) in [4.78, 5) is 30.1. The third-order valence-electron chi connectivity index (χ3n) is 3.78. The maximum absolute atomic E-state index is 11.0. The van der Waals surface area contributed by atoms with Gasteiger partial charge in [0.2, 0.25) is 0 Å². The molecule has 0 bridgehead atoms. The molecule has 2 aromatic rings. The van der Waals surface area contributed by atoms with E-state index >= 15 is 0 Å². The number of imidazole rings is 1. The van der Waals surface area contributed by atoms with Crippen LogP contribution >= 0.6 is 7.60 Å². The average molecular weight is 313 g/mol. The van der Waals surface area contributed by atoms with Gasteiger partial charge in [-0.3, -0.25) is 4.57 Å². The molecular formula is C11H16N5O4P. The second-order valence-electron chi connectivity index (χ2n) is 5.41. The van der Waals surface area contributed by atoms with Crippen molar-refractivity contribution in [2.75, 3.05) is 12.1 Å². The number of hydrogen-bond acceptors (Lipinski definition) is 6. The summed E-state index contributed by atoms with van der Waals surface area (Å²) in [6, 6.07) is 0. The zero-order valence-electron chi connectivity index (χ0n) is 11.4. The lowest BCUT2D eigenvalue weighted by molar-refractivity contribution is 0.0306. The molecule has 0 aliphatic heterocycles. The van der Waals surface area contributed by atoms with Crippen LogP contribution in [0.25, 0.3) is 11.2 Å². The van der Waals surface area contributed by atoms with Gasteiger partial charge in [0, 0.05) is 0 Å². The minimum atomic E-state index is -4.19. The molecule has 0 amide bonds. The SMILES string of the molecule is C[C@H]1C[C@]1(Cn1cnc2c(N)ncnc21)OCP(=O)(O)O. The highest BCUT2D eigenvalue weighted by Gasteiger charge is 2.53. The molecule has 114 valence electrons. The number of ether oxygens (including phenoxy) is 1. The number of fused-ring (bicyclic) bond motifs is 1. The van der Waals surface area contributed by atoms with Crippen molar-refractivity contribution in [3.8, 4) is 0 Å². The van der Waals surface area contributed by atoms with Crippen molar-refractivity contribution < 1.29 is 19.1 Å². The van der Waals surface area contributed by atoms with Crippen LogP contribution in [0.5, 0.6) is 0 Å². The summed E-state index contributed by atoms with van der Waals surface area (Å²) in [5.74, 6) is 0.508. The molecule has 1 aliphatic carbocycles. The highest BCUT2D eigenvalue weighted by molar-refractivity contribution is 7.51. The number of nitrogens with two attached hydrogens (primary N) is 1. The molecular weight excluding hydrogens is 297 g/mol. The van der Waals surface area contributed by atoms with E-state index in [1.54, 1.807) is 10.9 Å². The lowest BCUT2D eigenvalue weighted by atomic mass is 10.2. The lowest BCUT2D eigenvalue weighted by Gasteiger charge is -2.19. The Kier molecular flexibility index (Phi) is 3.25. The van der Waals surface area contributed by atoms with Crippen LogP contribution < -0.4 is 5.73 Å². The van der Waals surface area contributed by atoms with Gasteiger partial charge >= 0.3 is 7.60 Å². The molecule has 0 aromatic carbocycles. The largest absolute Gasteiger partial charge is 0.382 e. The molecule has 0 radical (unpaired) electrons. The highest BCUT2D eigenvalue weighted by Crippen LogP contribution is 2.50. The van der Waals surface area contributed by atoms with Crippen molar-refractivity contribution in [3.05, 3.63) is 12.7 Å². The Bertz CT molecular complexity index is 728. The van der Waals surface area contributed by atoms with E-state index < -0.39 is 19.5 Å². The molecule has 2 atom stereocenters. The van der Waals surface area contributed by atoms with Gasteiger partial charge in [-0.05, 0) is 12.3 Å². The number of nitrogen functional groups attached to an aromatic ring is 1. The molecule has 1 fully saturated rings. The number of aromatic nitrogens is 4. The van der Waals surface area contributed by atoms with Crippen molar-refractivity contribution in [3.63, 3.8) is 0 Å². The van der Waals surface area contributed by atoms with Gasteiger partial charge in [0.25, 0.3) is 0 Å². The molecule has 2 heterocycles. The zero-order chi connectivity index (χ0) is 15.3. The minimum Gasteiger partial charge on any atom is -0.382 e. The topological polar surface area (TPSA) is 136 Å². The second-order valence-corrected chi connectivity index (χ2v) is 7.00. The molecule has 0 saturated heterocycles. The van der Waals surface area contributed by atoms with Crippen LogP contribution in [0.1, 0.15) is 13.3 Å². The lowest BCUT2D eigenvalue weighted by Crippen LogP contribution is -2.24. The van der Waals surface area contributed by atoms with E-state index in [0.29, 0.717) is 23.5 Å². The van der Waals surface area contributed by atoms with Crippen LogP contribution in [0.15, 0.2) is 12.7 Å². The fraction of sp³-hybridized carbons (Fsp3) is 0.545. The fourth-order valence-electron chi connectivity index (χ4n) is 2.44. The molecule has 1 saturated carbocycles. The van der Waals surface area contributed by atoms with Gasteiger partial charge < -0.3 is 24.8 Å². The molecule has 4 N–H and O–H groups in total. The molecule has 1 aliphatic rings. The minimum absolute atomic E-state index is 0.209. The summed E-state index contributed by atoms with van der Waals surface area (Å²) in [7, 11) is -4.19. The first kappa shape index (κ1) is 14.4. The maximum atomic E-state index is 11.0. The number of rotatable bonds is 5. The maximum Gasteiger partial charge on any atom is 0.351 e. The Morgan fingerprint density at radius 1 is 1.52 bits per heavy atom. The van der Waals surface area contributed by atoms with Gasteiger partial charge in [0.05, 0.1) is 18.5 Å². The van der Waals surface area contributed by atoms with E-state index in [4.69, 9.17) is 20.3 Å². The van der Waals surface area contributed by atoms with Crippen molar-refractivity contribution in [2.24, 2.45) is 5.92 Å².